The molecule has 2 aromatic rings. The molecule has 1 amide bonds. The molecule has 0 aromatic heterocycles. The highest BCUT2D eigenvalue weighted by atomic mass is 32.2. The van der Waals surface area contributed by atoms with Gasteiger partial charge in [-0.2, -0.15) is 4.31 Å². The summed E-state index contributed by atoms with van der Waals surface area (Å²) >= 11 is 0. The Kier molecular flexibility index (Phi) is 6.76. The number of nitrogens with zero attached hydrogens (tertiary/aromatic N) is 1. The summed E-state index contributed by atoms with van der Waals surface area (Å²) in [5.41, 5.74) is 1.63. The van der Waals surface area contributed by atoms with E-state index in [1.165, 1.54) is 16.4 Å². The Labute approximate surface area is 154 Å². The van der Waals surface area contributed by atoms with Crippen LogP contribution in [-0.4, -0.2) is 36.8 Å². The average molecular weight is 376 g/mol. The standard InChI is InChI=1S/C19H24N2O4S/c1-3-21(4-2)26(24,25)18-11-7-16(8-12-18)14-20-19(23)13-15-5-9-17(22)10-6-15/h5-12,22H,3-4,13-14H2,1-2H3,(H,20,23). The Morgan fingerprint density at radius 1 is 0.962 bits per heavy atom. The summed E-state index contributed by atoms with van der Waals surface area (Å²) in [6, 6.07) is 13.0. The fourth-order valence-electron chi connectivity index (χ4n) is 2.55. The van der Waals surface area contributed by atoms with E-state index in [0.717, 1.165) is 11.1 Å². The molecule has 0 radical (unpaired) electrons. The molecular weight excluding hydrogens is 352 g/mol. The van der Waals surface area contributed by atoms with Crippen molar-refractivity contribution in [2.75, 3.05) is 13.1 Å². The Hall–Kier alpha value is -2.38. The van der Waals surface area contributed by atoms with Crippen LogP contribution in [0.15, 0.2) is 53.4 Å². The molecule has 0 heterocycles. The van der Waals surface area contributed by atoms with E-state index in [4.69, 9.17) is 0 Å². The molecule has 0 spiro atoms. The molecule has 7 heteroatoms. The zero-order valence-electron chi connectivity index (χ0n) is 15.0. The maximum absolute atomic E-state index is 12.4. The first-order valence-corrected chi connectivity index (χ1v) is 9.94. The predicted octanol–water partition coefficient (Wildman–Crippen LogP) is 2.28. The maximum atomic E-state index is 12.4. The molecule has 6 nitrogen and oxygen atoms in total. The number of sulfonamides is 1. The highest BCUT2D eigenvalue weighted by molar-refractivity contribution is 7.89. The minimum absolute atomic E-state index is 0.143. The van der Waals surface area contributed by atoms with E-state index in [1.807, 2.05) is 0 Å². The molecule has 0 unspecified atom stereocenters. The lowest BCUT2D eigenvalue weighted by Gasteiger charge is -2.18. The van der Waals surface area contributed by atoms with Gasteiger partial charge in [0, 0.05) is 19.6 Å². The van der Waals surface area contributed by atoms with Gasteiger partial charge in [0.05, 0.1) is 11.3 Å². The number of hydrogen-bond donors (Lipinski definition) is 2. The summed E-state index contributed by atoms with van der Waals surface area (Å²) in [5, 5.41) is 12.0. The topological polar surface area (TPSA) is 86.7 Å². The molecule has 0 saturated carbocycles. The number of hydrogen-bond acceptors (Lipinski definition) is 4. The van der Waals surface area contributed by atoms with Crippen LogP contribution in [0.4, 0.5) is 0 Å². The van der Waals surface area contributed by atoms with Gasteiger partial charge in [0.15, 0.2) is 0 Å². The van der Waals surface area contributed by atoms with Crippen LogP contribution in [0.1, 0.15) is 25.0 Å². The number of amides is 1. The van der Waals surface area contributed by atoms with Crippen LogP contribution in [0.5, 0.6) is 5.75 Å². The number of benzene rings is 2. The van der Waals surface area contributed by atoms with Crippen LogP contribution >= 0.6 is 0 Å². The van der Waals surface area contributed by atoms with Crippen molar-refractivity contribution >= 4 is 15.9 Å². The lowest BCUT2D eigenvalue weighted by Crippen LogP contribution is -2.30. The molecule has 0 aliphatic rings. The van der Waals surface area contributed by atoms with Gasteiger partial charge in [-0.25, -0.2) is 8.42 Å². The Morgan fingerprint density at radius 3 is 2.04 bits per heavy atom. The third kappa shape index (κ3) is 5.06. The maximum Gasteiger partial charge on any atom is 0.243 e. The van der Waals surface area contributed by atoms with E-state index < -0.39 is 10.0 Å². The summed E-state index contributed by atoms with van der Waals surface area (Å²) in [7, 11) is -3.47. The van der Waals surface area contributed by atoms with E-state index >= 15 is 0 Å². The minimum atomic E-state index is -3.47. The zero-order valence-corrected chi connectivity index (χ0v) is 15.8. The quantitative estimate of drug-likeness (QED) is 0.740. The van der Waals surface area contributed by atoms with Crippen LogP contribution in [-0.2, 0) is 27.8 Å². The van der Waals surface area contributed by atoms with Gasteiger partial charge in [-0.3, -0.25) is 4.79 Å². The number of carbonyl (C=O) groups excluding carboxylic acids is 1. The summed E-state index contributed by atoms with van der Waals surface area (Å²) < 4.78 is 26.3. The fraction of sp³-hybridized carbons (Fsp3) is 0.316. The average Bonchev–Trinajstić information content (AvgIpc) is 2.63. The van der Waals surface area contributed by atoms with Crippen LogP contribution < -0.4 is 5.32 Å². The number of phenols is 1. The van der Waals surface area contributed by atoms with Crippen molar-refractivity contribution in [3.05, 3.63) is 59.7 Å². The van der Waals surface area contributed by atoms with Gasteiger partial charge < -0.3 is 10.4 Å². The molecule has 0 fully saturated rings. The monoisotopic (exact) mass is 376 g/mol. The van der Waals surface area contributed by atoms with Gasteiger partial charge in [0.2, 0.25) is 15.9 Å². The molecule has 2 rings (SSSR count). The molecule has 2 N–H and O–H groups in total. The molecule has 0 saturated heterocycles. The van der Waals surface area contributed by atoms with E-state index in [9.17, 15) is 18.3 Å². The molecule has 2 aromatic carbocycles. The summed E-state index contributed by atoms with van der Waals surface area (Å²) in [4.78, 5) is 12.2. The van der Waals surface area contributed by atoms with Gasteiger partial charge >= 0.3 is 0 Å². The summed E-state index contributed by atoms with van der Waals surface area (Å²) in [6.45, 7) is 4.78. The summed E-state index contributed by atoms with van der Waals surface area (Å²) in [6.07, 6.45) is 0.217. The van der Waals surface area contributed by atoms with Crippen molar-refractivity contribution in [3.63, 3.8) is 0 Å². The lowest BCUT2D eigenvalue weighted by molar-refractivity contribution is -0.120. The second kappa shape index (κ2) is 8.82. The number of nitrogens with one attached hydrogen (secondary N) is 1. The van der Waals surface area contributed by atoms with Crippen LogP contribution in [0.2, 0.25) is 0 Å². The lowest BCUT2D eigenvalue weighted by atomic mass is 10.1. The highest BCUT2D eigenvalue weighted by Crippen LogP contribution is 2.16. The van der Waals surface area contributed by atoms with Crippen molar-refractivity contribution in [2.24, 2.45) is 0 Å². The number of carbonyl (C=O) groups is 1. The van der Waals surface area contributed by atoms with Gasteiger partial charge in [0.1, 0.15) is 5.75 Å². The van der Waals surface area contributed by atoms with E-state index in [2.05, 4.69) is 5.32 Å². The van der Waals surface area contributed by atoms with Gasteiger partial charge in [0.25, 0.3) is 0 Å². The van der Waals surface area contributed by atoms with E-state index in [-0.39, 0.29) is 23.0 Å². The Bertz CT molecular complexity index is 827. The molecular formula is C19H24N2O4S. The second-order valence-corrected chi connectivity index (χ2v) is 7.79. The Balaban J connectivity index is 1.94. The molecule has 26 heavy (non-hydrogen) atoms. The number of aromatic hydroxyl groups is 1. The molecule has 140 valence electrons. The van der Waals surface area contributed by atoms with Crippen molar-refractivity contribution in [3.8, 4) is 5.75 Å². The smallest absolute Gasteiger partial charge is 0.243 e. The minimum Gasteiger partial charge on any atom is -0.508 e. The van der Waals surface area contributed by atoms with Crippen molar-refractivity contribution in [1.29, 1.82) is 0 Å². The number of phenolic OH excluding ortho intramolecular Hbond substituents is 1. The van der Waals surface area contributed by atoms with Crippen LogP contribution in [0.25, 0.3) is 0 Å². The van der Waals surface area contributed by atoms with Gasteiger partial charge in [-0.15, -0.1) is 0 Å². The predicted molar refractivity (Wildman–Crippen MR) is 100 cm³/mol. The summed E-state index contributed by atoms with van der Waals surface area (Å²) in [5.74, 6) is 0.0180. The molecule has 0 aliphatic heterocycles. The van der Waals surface area contributed by atoms with Gasteiger partial charge in [-0.05, 0) is 35.4 Å². The van der Waals surface area contributed by atoms with Gasteiger partial charge in [-0.1, -0.05) is 38.1 Å². The van der Waals surface area contributed by atoms with E-state index in [0.29, 0.717) is 19.6 Å². The third-order valence-corrected chi connectivity index (χ3v) is 6.12. The molecule has 0 bridgehead atoms. The first-order valence-electron chi connectivity index (χ1n) is 8.50. The molecule has 0 aliphatic carbocycles. The highest BCUT2D eigenvalue weighted by Gasteiger charge is 2.21. The van der Waals surface area contributed by atoms with Crippen LogP contribution in [0.3, 0.4) is 0 Å². The first-order chi connectivity index (χ1) is 12.4. The first kappa shape index (κ1) is 19.9. The number of rotatable bonds is 8. The van der Waals surface area contributed by atoms with Crippen molar-refractivity contribution in [2.45, 2.75) is 31.7 Å². The Morgan fingerprint density at radius 2 is 1.50 bits per heavy atom. The van der Waals surface area contributed by atoms with Crippen LogP contribution in [0, 0.1) is 0 Å². The van der Waals surface area contributed by atoms with Crippen molar-refractivity contribution in [1.82, 2.24) is 9.62 Å². The zero-order chi connectivity index (χ0) is 19.2. The van der Waals surface area contributed by atoms with Crippen molar-refractivity contribution < 1.29 is 18.3 Å². The second-order valence-electron chi connectivity index (χ2n) is 5.85. The fourth-order valence-corrected chi connectivity index (χ4v) is 4.01. The molecule has 0 atom stereocenters. The normalized spacial score (nSPS) is 11.5. The van der Waals surface area contributed by atoms with E-state index in [1.54, 1.807) is 50.2 Å². The third-order valence-electron chi connectivity index (χ3n) is 4.06. The SMILES string of the molecule is CCN(CC)S(=O)(=O)c1ccc(CNC(=O)Cc2ccc(O)cc2)cc1. The largest absolute Gasteiger partial charge is 0.508 e.